The number of nitrogens with zero attached hydrogens (tertiary/aromatic N) is 5. The van der Waals surface area contributed by atoms with Gasteiger partial charge in [0.25, 0.3) is 0 Å². The predicted molar refractivity (Wildman–Crippen MR) is 134 cm³/mol. The molecule has 1 aliphatic rings. The molecule has 2 aromatic heterocycles. The van der Waals surface area contributed by atoms with Gasteiger partial charge in [0.2, 0.25) is 0 Å². The van der Waals surface area contributed by atoms with Gasteiger partial charge >= 0.3 is 0 Å². The van der Waals surface area contributed by atoms with Gasteiger partial charge in [0.1, 0.15) is 23.3 Å². The molecule has 6 heteroatoms. The summed E-state index contributed by atoms with van der Waals surface area (Å²) >= 11 is 0. The number of hydrogen-bond donors (Lipinski definition) is 1. The second kappa shape index (κ2) is 8.53. The molecule has 164 valence electrons. The van der Waals surface area contributed by atoms with E-state index in [2.05, 4.69) is 59.1 Å². The Hall–Kier alpha value is -3.95. The number of anilines is 2. The van der Waals surface area contributed by atoms with Crippen molar-refractivity contribution in [1.82, 2.24) is 14.9 Å². The normalized spacial score (nSPS) is 14.4. The number of nitriles is 1. The van der Waals surface area contributed by atoms with Crippen molar-refractivity contribution in [3.63, 3.8) is 0 Å². The molecule has 0 spiro atoms. The second-order valence-corrected chi connectivity index (χ2v) is 8.64. The van der Waals surface area contributed by atoms with E-state index in [-0.39, 0.29) is 5.82 Å². The quantitative estimate of drug-likeness (QED) is 0.512. The van der Waals surface area contributed by atoms with E-state index in [0.29, 0.717) is 5.56 Å². The van der Waals surface area contributed by atoms with Crippen molar-refractivity contribution in [2.75, 3.05) is 43.9 Å². The van der Waals surface area contributed by atoms with Crippen LogP contribution in [0.5, 0.6) is 0 Å². The van der Waals surface area contributed by atoms with Crippen molar-refractivity contribution in [1.29, 1.82) is 5.26 Å². The highest BCUT2D eigenvalue weighted by Crippen LogP contribution is 2.38. The van der Waals surface area contributed by atoms with Crippen molar-refractivity contribution in [3.8, 4) is 28.5 Å². The molecule has 4 aromatic rings. The summed E-state index contributed by atoms with van der Waals surface area (Å²) in [7, 11) is 2.14. The van der Waals surface area contributed by atoms with Crippen LogP contribution >= 0.6 is 0 Å². The summed E-state index contributed by atoms with van der Waals surface area (Å²) in [5.74, 6) is 1.13. The molecule has 1 fully saturated rings. The zero-order valence-electron chi connectivity index (χ0n) is 18.9. The number of para-hydroxylation sites is 1. The minimum absolute atomic E-state index is 0.239. The first-order valence-corrected chi connectivity index (χ1v) is 11.1. The lowest BCUT2D eigenvalue weighted by Crippen LogP contribution is -2.45. The van der Waals surface area contributed by atoms with Crippen LogP contribution in [0.3, 0.4) is 0 Å². The molecule has 6 nitrogen and oxygen atoms in total. The average Bonchev–Trinajstić information content (AvgIpc) is 2.83. The maximum atomic E-state index is 10.00. The minimum Gasteiger partial charge on any atom is -0.383 e. The molecule has 2 aromatic carbocycles. The van der Waals surface area contributed by atoms with Crippen molar-refractivity contribution in [2.24, 2.45) is 0 Å². The van der Waals surface area contributed by atoms with Crippen molar-refractivity contribution >= 4 is 22.5 Å². The highest BCUT2D eigenvalue weighted by Gasteiger charge is 2.23. The van der Waals surface area contributed by atoms with Gasteiger partial charge in [-0.25, -0.2) is 9.97 Å². The molecular formula is C27H26N6. The number of pyridine rings is 2. The van der Waals surface area contributed by atoms with Gasteiger partial charge in [-0.05, 0) is 32.2 Å². The van der Waals surface area contributed by atoms with E-state index in [0.717, 1.165) is 65.3 Å². The van der Waals surface area contributed by atoms with Gasteiger partial charge < -0.3 is 15.5 Å². The molecule has 1 saturated heterocycles. The fraction of sp³-hybridized carbons (Fsp3) is 0.222. The Kier molecular flexibility index (Phi) is 5.41. The van der Waals surface area contributed by atoms with Gasteiger partial charge in [-0.1, -0.05) is 48.0 Å². The molecule has 0 saturated carbocycles. The SMILES string of the molecule is Cc1ccc(-c2cc(-c3cc4ccccc4nc3N3CCN(C)CC3)c(C#N)c(N)n2)cc1. The van der Waals surface area contributed by atoms with Crippen LogP contribution in [-0.2, 0) is 0 Å². The third-order valence-electron chi connectivity index (χ3n) is 6.30. The zero-order chi connectivity index (χ0) is 22.9. The molecule has 2 N–H and O–H groups in total. The molecule has 0 amide bonds. The van der Waals surface area contributed by atoms with E-state index in [1.165, 1.54) is 5.56 Å². The van der Waals surface area contributed by atoms with Crippen LogP contribution in [0.15, 0.2) is 60.7 Å². The number of fused-ring (bicyclic) bond motifs is 1. The van der Waals surface area contributed by atoms with Crippen LogP contribution in [0.1, 0.15) is 11.1 Å². The van der Waals surface area contributed by atoms with E-state index in [1.54, 1.807) is 0 Å². The predicted octanol–water partition coefficient (Wildman–Crippen LogP) is 4.48. The Morgan fingerprint density at radius 3 is 2.36 bits per heavy atom. The third-order valence-corrected chi connectivity index (χ3v) is 6.30. The number of benzene rings is 2. The summed E-state index contributed by atoms with van der Waals surface area (Å²) in [4.78, 5) is 14.2. The topological polar surface area (TPSA) is 82.1 Å². The molecule has 1 aliphatic heterocycles. The van der Waals surface area contributed by atoms with Gasteiger partial charge in [0, 0.05) is 48.3 Å². The van der Waals surface area contributed by atoms with Crippen molar-refractivity contribution in [3.05, 3.63) is 71.8 Å². The van der Waals surface area contributed by atoms with Crippen LogP contribution in [-0.4, -0.2) is 48.1 Å². The average molecular weight is 435 g/mol. The molecule has 5 rings (SSSR count). The first-order chi connectivity index (χ1) is 16.0. The van der Waals surface area contributed by atoms with Gasteiger partial charge in [0.15, 0.2) is 0 Å². The van der Waals surface area contributed by atoms with E-state index in [9.17, 15) is 5.26 Å². The first-order valence-electron chi connectivity index (χ1n) is 11.1. The molecule has 33 heavy (non-hydrogen) atoms. The third kappa shape index (κ3) is 3.99. The first kappa shape index (κ1) is 20.9. The summed E-state index contributed by atoms with van der Waals surface area (Å²) in [6.07, 6.45) is 0. The standard InChI is InChI=1S/C27H26N6/c1-18-7-9-19(10-8-18)25-16-21(23(17-28)26(29)30-25)22-15-20-5-3-4-6-24(20)31-27(22)33-13-11-32(2)12-14-33/h3-10,15-16H,11-14H2,1-2H3,(H2,29,30). The Labute approximate surface area is 193 Å². The van der Waals surface area contributed by atoms with E-state index < -0.39 is 0 Å². The van der Waals surface area contributed by atoms with Gasteiger partial charge in [-0.2, -0.15) is 5.26 Å². The summed E-state index contributed by atoms with van der Waals surface area (Å²) in [5.41, 5.74) is 12.2. The Morgan fingerprint density at radius 1 is 0.909 bits per heavy atom. The van der Waals surface area contributed by atoms with Crippen molar-refractivity contribution in [2.45, 2.75) is 6.92 Å². The molecule has 0 atom stereocenters. The number of likely N-dealkylation sites (N-methyl/N-ethyl adjacent to an activating group) is 1. The van der Waals surface area contributed by atoms with Crippen molar-refractivity contribution < 1.29 is 0 Å². The lowest BCUT2D eigenvalue weighted by molar-refractivity contribution is 0.312. The smallest absolute Gasteiger partial charge is 0.142 e. The molecule has 0 radical (unpaired) electrons. The van der Waals surface area contributed by atoms with E-state index >= 15 is 0 Å². The van der Waals surface area contributed by atoms with Gasteiger partial charge in [-0.3, -0.25) is 0 Å². The second-order valence-electron chi connectivity index (χ2n) is 8.64. The fourth-order valence-electron chi connectivity index (χ4n) is 4.33. The van der Waals surface area contributed by atoms with Crippen LogP contribution in [0, 0.1) is 18.3 Å². The van der Waals surface area contributed by atoms with Crippen LogP contribution in [0.4, 0.5) is 11.6 Å². The van der Waals surface area contributed by atoms with Gasteiger partial charge in [-0.15, -0.1) is 0 Å². The van der Waals surface area contributed by atoms with Crippen LogP contribution in [0.2, 0.25) is 0 Å². The lowest BCUT2D eigenvalue weighted by Gasteiger charge is -2.34. The molecule has 3 heterocycles. The zero-order valence-corrected chi connectivity index (χ0v) is 18.9. The number of nitrogens with two attached hydrogens (primary N) is 1. The van der Waals surface area contributed by atoms with Crippen LogP contribution in [0.25, 0.3) is 33.3 Å². The number of hydrogen-bond acceptors (Lipinski definition) is 6. The molecule has 0 aliphatic carbocycles. The number of aryl methyl sites for hydroxylation is 1. The largest absolute Gasteiger partial charge is 0.383 e. The maximum absolute atomic E-state index is 10.00. The Bertz CT molecular complexity index is 1360. The summed E-state index contributed by atoms with van der Waals surface area (Å²) in [6.45, 7) is 5.74. The Balaban J connectivity index is 1.74. The summed E-state index contributed by atoms with van der Waals surface area (Å²) in [5, 5.41) is 11.0. The number of nitrogen functional groups attached to an aromatic ring is 1. The summed E-state index contributed by atoms with van der Waals surface area (Å²) < 4.78 is 0. The molecule has 0 unspecified atom stereocenters. The highest BCUT2D eigenvalue weighted by atomic mass is 15.3. The fourth-order valence-corrected chi connectivity index (χ4v) is 4.33. The summed E-state index contributed by atoms with van der Waals surface area (Å²) in [6, 6.07) is 22.7. The van der Waals surface area contributed by atoms with E-state index in [4.69, 9.17) is 10.7 Å². The highest BCUT2D eigenvalue weighted by molar-refractivity contribution is 5.93. The lowest BCUT2D eigenvalue weighted by atomic mass is 9.96. The number of piperazine rings is 1. The molecular weight excluding hydrogens is 408 g/mol. The van der Waals surface area contributed by atoms with Crippen LogP contribution < -0.4 is 10.6 Å². The molecule has 0 bridgehead atoms. The number of aromatic nitrogens is 2. The minimum atomic E-state index is 0.239. The van der Waals surface area contributed by atoms with Gasteiger partial charge in [0.05, 0.1) is 11.2 Å². The monoisotopic (exact) mass is 434 g/mol. The number of rotatable bonds is 3. The Morgan fingerprint density at radius 2 is 1.64 bits per heavy atom. The van der Waals surface area contributed by atoms with E-state index in [1.807, 2.05) is 36.4 Å². The maximum Gasteiger partial charge on any atom is 0.142 e.